The molecule has 2 aromatic carbocycles. The second-order valence-corrected chi connectivity index (χ2v) is 11.2. The monoisotopic (exact) mass is 483 g/mol. The van der Waals surface area contributed by atoms with Crippen LogP contribution < -0.4 is 5.69 Å². The third kappa shape index (κ3) is 6.38. The molecule has 0 saturated heterocycles. The molecule has 3 rings (SSSR count). The van der Waals surface area contributed by atoms with E-state index in [1.807, 2.05) is 24.3 Å². The van der Waals surface area contributed by atoms with Gasteiger partial charge in [-0.15, -0.1) is 11.8 Å². The van der Waals surface area contributed by atoms with E-state index in [4.69, 9.17) is 4.74 Å². The fourth-order valence-corrected chi connectivity index (χ4v) is 4.02. The molecule has 0 saturated carbocycles. The minimum Gasteiger partial charge on any atom is -0.480 e. The lowest BCUT2D eigenvalue weighted by Crippen LogP contribution is -2.26. The van der Waals surface area contributed by atoms with Gasteiger partial charge in [0.25, 0.3) is 0 Å². The molecular weight excluding hydrogens is 454 g/mol. The number of nitrogens with zero attached hydrogens (tertiary/aromatic N) is 2. The van der Waals surface area contributed by atoms with Crippen molar-refractivity contribution in [3.63, 3.8) is 0 Å². The average molecular weight is 484 g/mol. The van der Waals surface area contributed by atoms with Crippen molar-refractivity contribution in [2.24, 2.45) is 0 Å². The van der Waals surface area contributed by atoms with Crippen LogP contribution >= 0.6 is 11.8 Å². The van der Waals surface area contributed by atoms with Crippen LogP contribution in [0, 0.1) is 0 Å². The zero-order chi connectivity index (χ0) is 25.1. The molecule has 180 valence electrons. The topological polar surface area (TPSA) is 114 Å². The number of aromatic nitrogens is 3. The van der Waals surface area contributed by atoms with Gasteiger partial charge in [-0.05, 0) is 54.7 Å². The molecule has 2 N–H and O–H groups in total. The summed E-state index contributed by atoms with van der Waals surface area (Å²) < 4.78 is 5.59. The number of ether oxygens (including phenoxy) is 1. The van der Waals surface area contributed by atoms with Gasteiger partial charge in [0.1, 0.15) is 4.75 Å². The highest BCUT2D eigenvalue weighted by atomic mass is 32.2. The van der Waals surface area contributed by atoms with Crippen molar-refractivity contribution in [2.75, 3.05) is 0 Å². The van der Waals surface area contributed by atoms with Crippen LogP contribution in [-0.2, 0) is 28.1 Å². The summed E-state index contributed by atoms with van der Waals surface area (Å²) in [6.45, 7) is 9.78. The smallest absolute Gasteiger partial charge is 0.343 e. The summed E-state index contributed by atoms with van der Waals surface area (Å²) >= 11 is 1.19. The maximum Gasteiger partial charge on any atom is 0.343 e. The van der Waals surface area contributed by atoms with Crippen LogP contribution in [-0.4, -0.2) is 36.6 Å². The van der Waals surface area contributed by atoms with Gasteiger partial charge in [-0.2, -0.15) is 5.10 Å². The summed E-state index contributed by atoms with van der Waals surface area (Å²) in [5.74, 6) is -1.24. The number of carbonyl (C=O) groups is 2. The van der Waals surface area contributed by atoms with Crippen LogP contribution in [0.25, 0.3) is 0 Å². The van der Waals surface area contributed by atoms with E-state index < -0.39 is 16.7 Å². The molecule has 0 spiro atoms. The van der Waals surface area contributed by atoms with Crippen molar-refractivity contribution in [1.29, 1.82) is 0 Å². The van der Waals surface area contributed by atoms with Gasteiger partial charge in [0.2, 0.25) is 0 Å². The van der Waals surface area contributed by atoms with Gasteiger partial charge in [-0.25, -0.2) is 14.3 Å². The Hall–Kier alpha value is -3.33. The Morgan fingerprint density at radius 1 is 1.03 bits per heavy atom. The largest absolute Gasteiger partial charge is 0.480 e. The standard InChI is InChI=1S/C25H29N3O5S/c1-24(2,3)18-10-6-16(7-11-18)14-28-23(32)26-20(27-28)15-33-21(29)17-8-12-19(13-9-17)34-25(4,5)22(30)31/h6-13H,14-15H2,1-5H3,(H,30,31)(H,26,27,32). The van der Waals surface area contributed by atoms with E-state index in [1.165, 1.54) is 22.0 Å². The molecule has 0 aliphatic heterocycles. The molecule has 0 unspecified atom stereocenters. The van der Waals surface area contributed by atoms with E-state index in [0.29, 0.717) is 12.1 Å². The van der Waals surface area contributed by atoms with Crippen LogP contribution in [0.5, 0.6) is 0 Å². The second kappa shape index (κ2) is 9.89. The summed E-state index contributed by atoms with van der Waals surface area (Å²) in [6, 6.07) is 14.5. The second-order valence-electron chi connectivity index (χ2n) is 9.50. The van der Waals surface area contributed by atoms with Crippen molar-refractivity contribution in [3.8, 4) is 0 Å². The maximum atomic E-state index is 12.4. The minimum atomic E-state index is -0.985. The van der Waals surface area contributed by atoms with Gasteiger partial charge in [-0.3, -0.25) is 9.78 Å². The molecule has 0 amide bonds. The van der Waals surface area contributed by atoms with Gasteiger partial charge in [-0.1, -0.05) is 45.0 Å². The summed E-state index contributed by atoms with van der Waals surface area (Å²) in [5.41, 5.74) is 2.13. The predicted molar refractivity (Wildman–Crippen MR) is 130 cm³/mol. The van der Waals surface area contributed by atoms with Crippen LogP contribution in [0.1, 0.15) is 61.9 Å². The zero-order valence-electron chi connectivity index (χ0n) is 19.9. The lowest BCUT2D eigenvalue weighted by atomic mass is 9.87. The van der Waals surface area contributed by atoms with Crippen molar-refractivity contribution < 1.29 is 19.4 Å². The summed E-state index contributed by atoms with van der Waals surface area (Å²) in [6.07, 6.45) is 0. The fraction of sp³-hybridized carbons (Fsp3) is 0.360. The van der Waals surface area contributed by atoms with Gasteiger partial charge in [0.05, 0.1) is 12.1 Å². The first-order valence-electron chi connectivity index (χ1n) is 10.8. The Labute approximate surface area is 202 Å². The first-order valence-corrected chi connectivity index (χ1v) is 11.6. The Balaban J connectivity index is 1.59. The molecule has 0 bridgehead atoms. The van der Waals surface area contributed by atoms with Gasteiger partial charge < -0.3 is 9.84 Å². The summed E-state index contributed by atoms with van der Waals surface area (Å²) in [7, 11) is 0. The van der Waals surface area contributed by atoms with E-state index in [1.54, 1.807) is 38.1 Å². The number of H-pyrrole nitrogens is 1. The number of nitrogens with one attached hydrogen (secondary N) is 1. The van der Waals surface area contributed by atoms with Crippen LogP contribution in [0.4, 0.5) is 0 Å². The quantitative estimate of drug-likeness (QED) is 0.364. The number of aliphatic carboxylic acids is 1. The predicted octanol–water partition coefficient (Wildman–Crippen LogP) is 4.23. The highest BCUT2D eigenvalue weighted by molar-refractivity contribution is 8.01. The number of hydrogen-bond donors (Lipinski definition) is 2. The number of carboxylic acids is 1. The molecule has 8 nitrogen and oxygen atoms in total. The molecular formula is C25H29N3O5S. The highest BCUT2D eigenvalue weighted by Crippen LogP contribution is 2.32. The Bertz CT molecular complexity index is 1220. The van der Waals surface area contributed by atoms with Gasteiger partial charge >= 0.3 is 17.6 Å². The molecule has 9 heteroatoms. The number of thioether (sulfide) groups is 1. The molecule has 34 heavy (non-hydrogen) atoms. The maximum absolute atomic E-state index is 12.4. The van der Waals surface area contributed by atoms with Crippen molar-refractivity contribution in [3.05, 3.63) is 81.5 Å². The zero-order valence-corrected chi connectivity index (χ0v) is 20.7. The number of carboxylic acid groups (broad SMARTS) is 1. The number of aromatic amines is 1. The molecule has 0 atom stereocenters. The van der Waals surface area contributed by atoms with Crippen molar-refractivity contribution in [2.45, 2.75) is 62.8 Å². The molecule has 1 heterocycles. The summed E-state index contributed by atoms with van der Waals surface area (Å²) in [4.78, 5) is 39.2. The fourth-order valence-electron chi connectivity index (χ4n) is 3.07. The SMILES string of the molecule is CC(C)(Sc1ccc(C(=O)OCc2nn(Cc3ccc(C(C)(C)C)cc3)c(=O)[nH]2)cc1)C(=O)O. The number of rotatable bonds is 8. The van der Waals surface area contributed by atoms with E-state index in [-0.39, 0.29) is 23.5 Å². The van der Waals surface area contributed by atoms with E-state index >= 15 is 0 Å². The molecule has 0 aliphatic carbocycles. The Morgan fingerprint density at radius 2 is 1.65 bits per heavy atom. The Kier molecular flexibility index (Phi) is 7.35. The van der Waals surface area contributed by atoms with Crippen LogP contribution in [0.2, 0.25) is 0 Å². The normalized spacial score (nSPS) is 11.9. The summed E-state index contributed by atoms with van der Waals surface area (Å²) in [5, 5.41) is 13.5. The molecule has 3 aromatic rings. The van der Waals surface area contributed by atoms with Crippen molar-refractivity contribution in [1.82, 2.24) is 14.8 Å². The minimum absolute atomic E-state index is 0.0486. The third-order valence-electron chi connectivity index (χ3n) is 5.20. The number of esters is 1. The van der Waals surface area contributed by atoms with Crippen LogP contribution in [0.3, 0.4) is 0 Å². The van der Waals surface area contributed by atoms with E-state index in [2.05, 4.69) is 30.9 Å². The third-order valence-corrected chi connectivity index (χ3v) is 6.39. The number of benzene rings is 2. The Morgan fingerprint density at radius 3 is 2.21 bits per heavy atom. The van der Waals surface area contributed by atoms with Gasteiger partial charge in [0, 0.05) is 4.90 Å². The molecule has 1 aromatic heterocycles. The lowest BCUT2D eigenvalue weighted by molar-refractivity contribution is -0.138. The molecule has 0 fully saturated rings. The lowest BCUT2D eigenvalue weighted by Gasteiger charge is -2.19. The highest BCUT2D eigenvalue weighted by Gasteiger charge is 2.28. The van der Waals surface area contributed by atoms with E-state index in [9.17, 15) is 19.5 Å². The van der Waals surface area contributed by atoms with Crippen LogP contribution in [0.15, 0.2) is 58.2 Å². The molecule has 0 aliphatic rings. The number of carbonyl (C=O) groups excluding carboxylic acids is 1. The van der Waals surface area contributed by atoms with Crippen molar-refractivity contribution >= 4 is 23.7 Å². The molecule has 0 radical (unpaired) electrons. The first-order chi connectivity index (χ1) is 15.8. The van der Waals surface area contributed by atoms with E-state index in [0.717, 1.165) is 10.5 Å². The first kappa shape index (κ1) is 25.3. The average Bonchev–Trinajstić information content (AvgIpc) is 3.11. The van der Waals surface area contributed by atoms with Gasteiger partial charge in [0.15, 0.2) is 12.4 Å². The number of hydrogen-bond acceptors (Lipinski definition) is 6.